The Labute approximate surface area is 468 Å². The van der Waals surface area contributed by atoms with Crippen molar-refractivity contribution in [1.29, 1.82) is 0 Å². The van der Waals surface area contributed by atoms with E-state index >= 15 is 0 Å². The van der Waals surface area contributed by atoms with E-state index in [-0.39, 0.29) is 18.5 Å². The number of amides is 1. The lowest BCUT2D eigenvalue weighted by Crippen LogP contribution is -2.45. The number of carbonyl (C=O) groups is 2. The fraction of sp³-hybridized carbons (Fsp3) is 0.884. The maximum Gasteiger partial charge on any atom is 0.305 e. The molecule has 0 rings (SSSR count). The van der Waals surface area contributed by atoms with Gasteiger partial charge in [0.1, 0.15) is 0 Å². The van der Waals surface area contributed by atoms with Gasteiger partial charge in [0.25, 0.3) is 0 Å². The van der Waals surface area contributed by atoms with E-state index in [1.54, 1.807) is 6.08 Å². The molecular formula is C69H131NO5. The molecule has 0 bridgehead atoms. The van der Waals surface area contributed by atoms with E-state index in [9.17, 15) is 19.8 Å². The van der Waals surface area contributed by atoms with E-state index in [0.717, 1.165) is 44.9 Å². The van der Waals surface area contributed by atoms with Crippen LogP contribution in [0.15, 0.2) is 36.5 Å². The van der Waals surface area contributed by atoms with Crippen LogP contribution < -0.4 is 5.32 Å². The van der Waals surface area contributed by atoms with E-state index < -0.39 is 12.1 Å². The number of hydrogen-bond donors (Lipinski definition) is 3. The summed E-state index contributed by atoms with van der Waals surface area (Å²) in [4.78, 5) is 24.5. The summed E-state index contributed by atoms with van der Waals surface area (Å²) in [6.07, 6.45) is 82.2. The van der Waals surface area contributed by atoms with E-state index in [0.29, 0.717) is 19.4 Å². The first-order valence-corrected chi connectivity index (χ1v) is 33.8. The number of esters is 1. The van der Waals surface area contributed by atoms with Crippen LogP contribution in [-0.4, -0.2) is 47.4 Å². The number of aliphatic hydroxyl groups is 2. The predicted molar refractivity (Wildman–Crippen MR) is 329 cm³/mol. The number of rotatable bonds is 63. The third-order valence-electron chi connectivity index (χ3n) is 15.6. The summed E-state index contributed by atoms with van der Waals surface area (Å²) in [5.74, 6) is -0.0567. The molecule has 6 heteroatoms. The highest BCUT2D eigenvalue weighted by molar-refractivity contribution is 5.76. The highest BCUT2D eigenvalue weighted by Crippen LogP contribution is 2.18. The van der Waals surface area contributed by atoms with Gasteiger partial charge in [0, 0.05) is 12.8 Å². The molecule has 3 N–H and O–H groups in total. The van der Waals surface area contributed by atoms with Gasteiger partial charge in [-0.2, -0.15) is 0 Å². The SMILES string of the molecule is CCCCC/C=C\CCCCCCCC(=O)OCCCCCCCCCCCCCC/C=C\CCCCCCCCCCCCCCCCCC(=O)NC(CO)C(O)/C=C/CCCCCCCCCCCCCCC. The van der Waals surface area contributed by atoms with Crippen molar-refractivity contribution in [3.8, 4) is 0 Å². The van der Waals surface area contributed by atoms with Gasteiger partial charge in [-0.05, 0) is 83.5 Å². The Hall–Kier alpha value is -1.92. The second-order valence-corrected chi connectivity index (χ2v) is 23.1. The molecule has 75 heavy (non-hydrogen) atoms. The average Bonchev–Trinajstić information content (AvgIpc) is 3.41. The summed E-state index contributed by atoms with van der Waals surface area (Å²) in [5.41, 5.74) is 0. The number of carbonyl (C=O) groups excluding carboxylic acids is 2. The van der Waals surface area contributed by atoms with Crippen LogP contribution in [0.4, 0.5) is 0 Å². The summed E-state index contributed by atoms with van der Waals surface area (Å²) in [7, 11) is 0. The third-order valence-corrected chi connectivity index (χ3v) is 15.6. The van der Waals surface area contributed by atoms with Crippen LogP contribution in [0.1, 0.15) is 367 Å². The molecule has 6 nitrogen and oxygen atoms in total. The maximum absolute atomic E-state index is 12.5. The molecule has 0 aromatic rings. The van der Waals surface area contributed by atoms with E-state index in [2.05, 4.69) is 43.5 Å². The van der Waals surface area contributed by atoms with Crippen molar-refractivity contribution in [2.45, 2.75) is 379 Å². The van der Waals surface area contributed by atoms with Crippen molar-refractivity contribution in [2.24, 2.45) is 0 Å². The van der Waals surface area contributed by atoms with E-state index in [4.69, 9.17) is 4.74 Å². The quantitative estimate of drug-likeness (QED) is 0.0320. The van der Waals surface area contributed by atoms with Gasteiger partial charge in [-0.25, -0.2) is 0 Å². The monoisotopic (exact) mass is 1050 g/mol. The zero-order valence-corrected chi connectivity index (χ0v) is 50.5. The molecule has 0 fully saturated rings. The Bertz CT molecular complexity index is 1210. The summed E-state index contributed by atoms with van der Waals surface area (Å²) >= 11 is 0. The number of ether oxygens (including phenoxy) is 1. The summed E-state index contributed by atoms with van der Waals surface area (Å²) in [6.45, 7) is 4.90. The van der Waals surface area contributed by atoms with Crippen LogP contribution in [0.3, 0.4) is 0 Å². The molecule has 2 unspecified atom stereocenters. The number of nitrogens with one attached hydrogen (secondary N) is 1. The fourth-order valence-corrected chi connectivity index (χ4v) is 10.4. The summed E-state index contributed by atoms with van der Waals surface area (Å²) in [5, 5.41) is 23.2. The normalized spacial score (nSPS) is 12.7. The van der Waals surface area contributed by atoms with Crippen LogP contribution in [-0.2, 0) is 14.3 Å². The zero-order valence-electron chi connectivity index (χ0n) is 50.5. The lowest BCUT2D eigenvalue weighted by Gasteiger charge is -2.20. The highest BCUT2D eigenvalue weighted by Gasteiger charge is 2.18. The van der Waals surface area contributed by atoms with E-state index in [1.165, 1.54) is 295 Å². The molecular weight excluding hydrogens is 923 g/mol. The topological polar surface area (TPSA) is 95.9 Å². The van der Waals surface area contributed by atoms with Gasteiger partial charge in [-0.3, -0.25) is 9.59 Å². The van der Waals surface area contributed by atoms with Crippen molar-refractivity contribution in [1.82, 2.24) is 5.32 Å². The van der Waals surface area contributed by atoms with Gasteiger partial charge < -0.3 is 20.3 Å². The molecule has 0 saturated carbocycles. The lowest BCUT2D eigenvalue weighted by molar-refractivity contribution is -0.143. The first-order valence-electron chi connectivity index (χ1n) is 33.8. The Kier molecular flexibility index (Phi) is 63.0. The molecule has 0 saturated heterocycles. The molecule has 0 aromatic carbocycles. The van der Waals surface area contributed by atoms with Crippen molar-refractivity contribution >= 4 is 11.9 Å². The molecule has 0 heterocycles. The van der Waals surface area contributed by atoms with Crippen LogP contribution in [0.2, 0.25) is 0 Å². The van der Waals surface area contributed by atoms with Gasteiger partial charge in [-0.1, -0.05) is 307 Å². The molecule has 0 aliphatic heterocycles. The van der Waals surface area contributed by atoms with Gasteiger partial charge in [0.2, 0.25) is 5.91 Å². The number of hydrogen-bond acceptors (Lipinski definition) is 5. The molecule has 0 aromatic heterocycles. The minimum Gasteiger partial charge on any atom is -0.466 e. The first kappa shape index (κ1) is 73.1. The number of allylic oxidation sites excluding steroid dienone is 5. The Morgan fingerprint density at radius 1 is 0.360 bits per heavy atom. The highest BCUT2D eigenvalue weighted by atomic mass is 16.5. The largest absolute Gasteiger partial charge is 0.466 e. The maximum atomic E-state index is 12.5. The molecule has 2 atom stereocenters. The van der Waals surface area contributed by atoms with Crippen LogP contribution in [0.25, 0.3) is 0 Å². The second kappa shape index (κ2) is 64.6. The van der Waals surface area contributed by atoms with Crippen molar-refractivity contribution in [3.63, 3.8) is 0 Å². The van der Waals surface area contributed by atoms with Gasteiger partial charge in [-0.15, -0.1) is 0 Å². The zero-order chi connectivity index (χ0) is 54.3. The smallest absolute Gasteiger partial charge is 0.305 e. The first-order chi connectivity index (χ1) is 37.0. The third kappa shape index (κ3) is 61.2. The van der Waals surface area contributed by atoms with Crippen molar-refractivity contribution in [2.75, 3.05) is 13.2 Å². The Morgan fingerprint density at radius 2 is 0.627 bits per heavy atom. The van der Waals surface area contributed by atoms with Gasteiger partial charge >= 0.3 is 5.97 Å². The van der Waals surface area contributed by atoms with Crippen LogP contribution >= 0.6 is 0 Å². The van der Waals surface area contributed by atoms with Crippen LogP contribution in [0, 0.1) is 0 Å². The average molecular weight is 1050 g/mol. The van der Waals surface area contributed by atoms with Crippen LogP contribution in [0.5, 0.6) is 0 Å². The minimum atomic E-state index is -0.843. The second-order valence-electron chi connectivity index (χ2n) is 23.1. The molecule has 0 spiro atoms. The molecule has 0 aliphatic rings. The van der Waals surface area contributed by atoms with Crippen molar-refractivity contribution in [3.05, 3.63) is 36.5 Å². The number of unbranched alkanes of at least 4 members (excludes halogenated alkanes) is 48. The van der Waals surface area contributed by atoms with E-state index in [1.807, 2.05) is 6.08 Å². The number of aliphatic hydroxyl groups excluding tert-OH is 2. The minimum absolute atomic E-state index is 0.00734. The summed E-state index contributed by atoms with van der Waals surface area (Å²) < 4.78 is 5.47. The molecule has 0 aliphatic carbocycles. The van der Waals surface area contributed by atoms with Crippen molar-refractivity contribution < 1.29 is 24.5 Å². The predicted octanol–water partition coefficient (Wildman–Crippen LogP) is 21.5. The molecule has 1 amide bonds. The Balaban J connectivity index is 3.38. The lowest BCUT2D eigenvalue weighted by atomic mass is 10.0. The standard InChI is InChI=1S/C69H131NO5/c1-3-5-7-9-11-13-15-17-35-38-41-45-49-53-57-61-67(72)66(65-71)70-68(73)62-58-54-50-46-42-39-36-33-31-29-27-25-23-21-19-18-20-22-24-26-28-30-32-34-37-40-44-48-52-56-60-64-75-69(74)63-59-55-51-47-43-16-14-12-10-8-6-4-2/h12,14,20,22,57,61,66-67,71-72H,3-11,13,15-19,21,23-56,58-60,62-65H2,1-2H3,(H,70,73)/b14-12-,22-20-,61-57+. The summed E-state index contributed by atoms with van der Waals surface area (Å²) in [6, 6.07) is -0.626. The molecule has 0 radical (unpaired) electrons. The van der Waals surface area contributed by atoms with Gasteiger partial charge in [0.15, 0.2) is 0 Å². The Morgan fingerprint density at radius 3 is 0.973 bits per heavy atom. The fourth-order valence-electron chi connectivity index (χ4n) is 10.4. The molecule has 442 valence electrons. The van der Waals surface area contributed by atoms with Gasteiger partial charge in [0.05, 0.1) is 25.4 Å².